The molecule has 0 saturated carbocycles. The standard InChI is InChI=1S/C19H16N2O5/c22-16(21-8-7-20-19(21)24)11-26-17(23)9-13-10-25-15-6-5-12-3-1-2-4-14(12)18(13)15/h1-6,10H,7-9,11H2,(H,20,24). The number of hydrogen-bond donors (Lipinski definition) is 1. The molecule has 7 heteroatoms. The van der Waals surface area contributed by atoms with E-state index < -0.39 is 24.5 Å². The summed E-state index contributed by atoms with van der Waals surface area (Å²) in [5.41, 5.74) is 1.39. The number of carbonyl (C=O) groups is 3. The first-order valence-electron chi connectivity index (χ1n) is 8.25. The Labute approximate surface area is 148 Å². The lowest BCUT2D eigenvalue weighted by Crippen LogP contribution is -2.37. The van der Waals surface area contributed by atoms with Crippen LogP contribution in [0, 0.1) is 0 Å². The Kier molecular flexibility index (Phi) is 4.04. The van der Waals surface area contributed by atoms with E-state index in [4.69, 9.17) is 9.15 Å². The topological polar surface area (TPSA) is 88.8 Å². The fourth-order valence-electron chi connectivity index (χ4n) is 3.14. The number of amides is 3. The molecule has 3 amide bonds. The zero-order chi connectivity index (χ0) is 18.1. The van der Waals surface area contributed by atoms with E-state index in [9.17, 15) is 14.4 Å². The first-order chi connectivity index (χ1) is 12.6. The van der Waals surface area contributed by atoms with Gasteiger partial charge in [0.15, 0.2) is 6.61 Å². The molecule has 1 N–H and O–H groups in total. The van der Waals surface area contributed by atoms with Crippen LogP contribution in [0.5, 0.6) is 0 Å². The van der Waals surface area contributed by atoms with Crippen molar-refractivity contribution < 1.29 is 23.5 Å². The molecule has 1 aliphatic heterocycles. The third-order valence-electron chi connectivity index (χ3n) is 4.39. The highest BCUT2D eigenvalue weighted by Crippen LogP contribution is 2.30. The molecule has 2 aromatic carbocycles. The van der Waals surface area contributed by atoms with E-state index in [1.54, 1.807) is 0 Å². The van der Waals surface area contributed by atoms with Gasteiger partial charge in [-0.25, -0.2) is 4.79 Å². The summed E-state index contributed by atoms with van der Waals surface area (Å²) in [6.45, 7) is 0.239. The summed E-state index contributed by atoms with van der Waals surface area (Å²) < 4.78 is 10.6. The van der Waals surface area contributed by atoms with Gasteiger partial charge in [-0.1, -0.05) is 30.3 Å². The summed E-state index contributed by atoms with van der Waals surface area (Å²) in [7, 11) is 0. The van der Waals surface area contributed by atoms with Gasteiger partial charge in [0.05, 0.1) is 12.7 Å². The Bertz CT molecular complexity index is 1020. The first kappa shape index (κ1) is 16.1. The number of rotatable bonds is 4. The number of fused-ring (bicyclic) bond motifs is 3. The van der Waals surface area contributed by atoms with Gasteiger partial charge in [-0.15, -0.1) is 0 Å². The Hall–Kier alpha value is -3.35. The normalized spacial score (nSPS) is 14.0. The van der Waals surface area contributed by atoms with E-state index in [0.717, 1.165) is 21.1 Å². The molecule has 2 heterocycles. The minimum Gasteiger partial charge on any atom is -0.464 e. The summed E-state index contributed by atoms with van der Waals surface area (Å²) in [4.78, 5) is 36.5. The third-order valence-corrected chi connectivity index (χ3v) is 4.39. The second-order valence-corrected chi connectivity index (χ2v) is 6.04. The lowest BCUT2D eigenvalue weighted by atomic mass is 10.0. The minimum absolute atomic E-state index is 0.0134. The van der Waals surface area contributed by atoms with E-state index in [2.05, 4.69) is 5.32 Å². The number of nitrogens with one attached hydrogen (secondary N) is 1. The van der Waals surface area contributed by atoms with Crippen molar-refractivity contribution in [2.45, 2.75) is 6.42 Å². The van der Waals surface area contributed by atoms with Crippen molar-refractivity contribution >= 4 is 39.6 Å². The van der Waals surface area contributed by atoms with Crippen LogP contribution in [0.25, 0.3) is 21.7 Å². The Morgan fingerprint density at radius 3 is 2.85 bits per heavy atom. The Morgan fingerprint density at radius 1 is 1.19 bits per heavy atom. The van der Waals surface area contributed by atoms with Gasteiger partial charge in [0.25, 0.3) is 5.91 Å². The van der Waals surface area contributed by atoms with Gasteiger partial charge in [-0.3, -0.25) is 14.5 Å². The van der Waals surface area contributed by atoms with Crippen molar-refractivity contribution in [3.63, 3.8) is 0 Å². The van der Waals surface area contributed by atoms with Gasteiger partial charge in [-0.05, 0) is 16.8 Å². The molecule has 0 bridgehead atoms. The fourth-order valence-corrected chi connectivity index (χ4v) is 3.14. The molecule has 1 saturated heterocycles. The second-order valence-electron chi connectivity index (χ2n) is 6.04. The van der Waals surface area contributed by atoms with E-state index in [1.807, 2.05) is 36.4 Å². The van der Waals surface area contributed by atoms with Gasteiger partial charge in [0.2, 0.25) is 0 Å². The van der Waals surface area contributed by atoms with Crippen LogP contribution in [-0.2, 0) is 20.7 Å². The molecule has 1 aromatic heterocycles. The smallest absolute Gasteiger partial charge is 0.324 e. The lowest BCUT2D eigenvalue weighted by Gasteiger charge is -2.12. The maximum absolute atomic E-state index is 12.2. The molecule has 132 valence electrons. The van der Waals surface area contributed by atoms with Crippen LogP contribution in [0.2, 0.25) is 0 Å². The predicted molar refractivity (Wildman–Crippen MR) is 93.5 cm³/mol. The average Bonchev–Trinajstić information content (AvgIpc) is 3.26. The summed E-state index contributed by atoms with van der Waals surface area (Å²) in [5.74, 6) is -1.08. The van der Waals surface area contributed by atoms with E-state index in [-0.39, 0.29) is 13.0 Å². The van der Waals surface area contributed by atoms with E-state index in [1.165, 1.54) is 6.26 Å². The number of esters is 1. The number of urea groups is 1. The quantitative estimate of drug-likeness (QED) is 0.728. The molecule has 3 aromatic rings. The van der Waals surface area contributed by atoms with Gasteiger partial charge in [-0.2, -0.15) is 0 Å². The average molecular weight is 352 g/mol. The molecule has 1 fully saturated rings. The summed E-state index contributed by atoms with van der Waals surface area (Å²) in [6, 6.07) is 11.2. The molecule has 7 nitrogen and oxygen atoms in total. The monoisotopic (exact) mass is 352 g/mol. The summed E-state index contributed by atoms with van der Waals surface area (Å²) in [6.07, 6.45) is 1.52. The number of benzene rings is 2. The predicted octanol–water partition coefficient (Wildman–Crippen LogP) is 2.22. The van der Waals surface area contributed by atoms with Gasteiger partial charge in [0.1, 0.15) is 5.58 Å². The van der Waals surface area contributed by atoms with Crippen LogP contribution in [0.1, 0.15) is 5.56 Å². The molecule has 0 spiro atoms. The molecule has 0 aliphatic carbocycles. The van der Waals surface area contributed by atoms with Crippen molar-refractivity contribution in [1.82, 2.24) is 10.2 Å². The van der Waals surface area contributed by atoms with Crippen LogP contribution < -0.4 is 5.32 Å². The fraction of sp³-hybridized carbons (Fsp3) is 0.211. The largest absolute Gasteiger partial charge is 0.464 e. The molecule has 4 rings (SSSR count). The second kappa shape index (κ2) is 6.51. The number of hydrogen-bond acceptors (Lipinski definition) is 5. The zero-order valence-corrected chi connectivity index (χ0v) is 13.9. The molecular formula is C19H16N2O5. The van der Waals surface area contributed by atoms with Crippen molar-refractivity contribution in [3.05, 3.63) is 48.2 Å². The molecule has 26 heavy (non-hydrogen) atoms. The molecule has 0 radical (unpaired) electrons. The molecule has 0 atom stereocenters. The highest BCUT2D eigenvalue weighted by atomic mass is 16.5. The van der Waals surface area contributed by atoms with Crippen LogP contribution in [-0.4, -0.2) is 42.5 Å². The van der Waals surface area contributed by atoms with Crippen LogP contribution in [0.3, 0.4) is 0 Å². The van der Waals surface area contributed by atoms with E-state index in [0.29, 0.717) is 17.7 Å². The SMILES string of the molecule is O=C(Cc1coc2ccc3ccccc3c12)OCC(=O)N1CCNC1=O. The minimum atomic E-state index is -0.548. The Balaban J connectivity index is 1.48. The zero-order valence-electron chi connectivity index (χ0n) is 13.9. The maximum atomic E-state index is 12.2. The van der Waals surface area contributed by atoms with Crippen molar-refractivity contribution in [3.8, 4) is 0 Å². The van der Waals surface area contributed by atoms with Gasteiger partial charge >= 0.3 is 12.0 Å². The number of nitrogens with zero attached hydrogens (tertiary/aromatic N) is 1. The van der Waals surface area contributed by atoms with Crippen molar-refractivity contribution in [2.75, 3.05) is 19.7 Å². The van der Waals surface area contributed by atoms with Crippen LogP contribution in [0.15, 0.2) is 47.1 Å². The summed E-state index contributed by atoms with van der Waals surface area (Å²) >= 11 is 0. The highest BCUT2D eigenvalue weighted by Gasteiger charge is 2.26. The van der Waals surface area contributed by atoms with Crippen molar-refractivity contribution in [2.24, 2.45) is 0 Å². The summed E-state index contributed by atoms with van der Waals surface area (Å²) in [5, 5.41) is 5.43. The lowest BCUT2D eigenvalue weighted by molar-refractivity contribution is -0.150. The Morgan fingerprint density at radius 2 is 2.04 bits per heavy atom. The number of ether oxygens (including phenoxy) is 1. The molecular weight excluding hydrogens is 336 g/mol. The highest BCUT2D eigenvalue weighted by molar-refractivity contribution is 6.08. The molecule has 1 aliphatic rings. The number of furan rings is 1. The molecule has 0 unspecified atom stereocenters. The van der Waals surface area contributed by atoms with Gasteiger partial charge in [0, 0.05) is 24.0 Å². The number of imide groups is 1. The van der Waals surface area contributed by atoms with Crippen LogP contribution in [0.4, 0.5) is 4.79 Å². The van der Waals surface area contributed by atoms with Gasteiger partial charge < -0.3 is 14.5 Å². The van der Waals surface area contributed by atoms with Crippen molar-refractivity contribution in [1.29, 1.82) is 0 Å². The van der Waals surface area contributed by atoms with E-state index >= 15 is 0 Å². The first-order valence-corrected chi connectivity index (χ1v) is 8.25. The third kappa shape index (κ3) is 2.88. The number of carbonyl (C=O) groups excluding carboxylic acids is 3. The van der Waals surface area contributed by atoms with Crippen LogP contribution >= 0.6 is 0 Å². The maximum Gasteiger partial charge on any atom is 0.324 e.